The van der Waals surface area contributed by atoms with Gasteiger partial charge in [-0.15, -0.1) is 0 Å². The average molecular weight is 134 g/mol. The molecule has 0 aromatic heterocycles. The first-order chi connectivity index (χ1) is 4.86. The van der Waals surface area contributed by atoms with Crippen LogP contribution in [0.25, 0.3) is 0 Å². The van der Waals surface area contributed by atoms with Crippen LogP contribution in [-0.2, 0) is 0 Å². The van der Waals surface area contributed by atoms with Crippen LogP contribution in [0, 0.1) is 0 Å². The lowest BCUT2D eigenvalue weighted by Crippen LogP contribution is -2.12. The third-order valence-electron chi connectivity index (χ3n) is 1.35. The van der Waals surface area contributed by atoms with Crippen molar-refractivity contribution in [1.29, 1.82) is 0 Å². The van der Waals surface area contributed by atoms with Gasteiger partial charge in [0.2, 0.25) is 0 Å². The predicted molar refractivity (Wildman–Crippen MR) is 43.6 cm³/mol. The number of rotatable bonds is 2. The number of nitrogens with one attached hydrogen (secondary N) is 1. The van der Waals surface area contributed by atoms with Gasteiger partial charge in [0.05, 0.1) is 0 Å². The van der Waals surface area contributed by atoms with Gasteiger partial charge in [-0.2, -0.15) is 0 Å². The van der Waals surface area contributed by atoms with E-state index in [9.17, 15) is 0 Å². The van der Waals surface area contributed by atoms with Crippen molar-refractivity contribution in [2.24, 2.45) is 0 Å². The summed E-state index contributed by atoms with van der Waals surface area (Å²) < 4.78 is 0. The van der Waals surface area contributed by atoms with Gasteiger partial charge in [0.1, 0.15) is 0 Å². The van der Waals surface area contributed by atoms with Crippen molar-refractivity contribution >= 4 is 18.6 Å². The Morgan fingerprint density at radius 2 is 1.90 bits per heavy atom. The lowest BCUT2D eigenvalue weighted by atomic mass is 9.89. The summed E-state index contributed by atoms with van der Waals surface area (Å²) in [5.41, 5.74) is 1.87. The van der Waals surface area contributed by atoms with E-state index < -0.39 is 0 Å². The maximum Gasteiger partial charge on any atom is 0.326 e. The molecule has 0 fully saturated rings. The van der Waals surface area contributed by atoms with Crippen molar-refractivity contribution in [3.05, 3.63) is 24.3 Å². The van der Waals surface area contributed by atoms with E-state index in [4.69, 9.17) is 5.02 Å². The van der Waals surface area contributed by atoms with Crippen molar-refractivity contribution in [3.8, 4) is 0 Å². The summed E-state index contributed by atoms with van der Waals surface area (Å²) in [6, 6.07) is 7.49. The van der Waals surface area contributed by atoms with Crippen LogP contribution >= 0.6 is 0 Å². The lowest BCUT2D eigenvalue weighted by molar-refractivity contribution is 0.615. The van der Waals surface area contributed by atoms with Crippen molar-refractivity contribution in [2.45, 2.75) is 0 Å². The Morgan fingerprint density at radius 1 is 1.30 bits per heavy atom. The molecule has 0 amide bonds. The smallest absolute Gasteiger partial charge is 0.326 e. The van der Waals surface area contributed by atoms with E-state index in [0.29, 0.717) is 0 Å². The van der Waals surface area contributed by atoms with Crippen LogP contribution in [0.2, 0.25) is 0 Å². The van der Waals surface area contributed by atoms with E-state index in [2.05, 4.69) is 5.32 Å². The molecule has 0 heterocycles. The van der Waals surface area contributed by atoms with Gasteiger partial charge in [-0.05, 0) is 12.1 Å². The predicted octanol–water partition coefficient (Wildman–Crippen LogP) is -0.0349. The molecule has 1 aromatic carbocycles. The molecule has 1 aromatic rings. The molecule has 51 valence electrons. The minimum absolute atomic E-state index is 0.819. The topological polar surface area (TPSA) is 32.3 Å². The van der Waals surface area contributed by atoms with Crippen molar-refractivity contribution in [2.75, 3.05) is 12.4 Å². The van der Waals surface area contributed by atoms with Crippen LogP contribution in [-0.4, -0.2) is 19.6 Å². The molecule has 0 saturated heterocycles. The zero-order chi connectivity index (χ0) is 7.40. The van der Waals surface area contributed by atoms with E-state index in [1.807, 2.05) is 31.3 Å². The lowest BCUT2D eigenvalue weighted by Gasteiger charge is -1.98. The van der Waals surface area contributed by atoms with Crippen molar-refractivity contribution in [3.63, 3.8) is 0 Å². The summed E-state index contributed by atoms with van der Waals surface area (Å²) in [5.74, 6) is 0. The maximum atomic E-state index is 8.56. The molecule has 3 heteroatoms. The molecular formula is C7H9BNO. The summed E-state index contributed by atoms with van der Waals surface area (Å²) in [6.07, 6.45) is 0. The third kappa shape index (κ3) is 1.51. The summed E-state index contributed by atoms with van der Waals surface area (Å²) >= 11 is 0. The van der Waals surface area contributed by atoms with Crippen LogP contribution in [0.15, 0.2) is 24.3 Å². The van der Waals surface area contributed by atoms with Crippen LogP contribution in [0.3, 0.4) is 0 Å². The molecule has 10 heavy (non-hydrogen) atoms. The number of hydrogen-bond acceptors (Lipinski definition) is 2. The largest absolute Gasteiger partial charge is 0.450 e. The van der Waals surface area contributed by atoms with Gasteiger partial charge in [-0.1, -0.05) is 17.6 Å². The highest BCUT2D eigenvalue weighted by atomic mass is 16.2. The summed E-state index contributed by atoms with van der Waals surface area (Å²) in [6.45, 7) is 0. The molecular weight excluding hydrogens is 125 g/mol. The second-order valence-corrected chi connectivity index (χ2v) is 2.00. The molecule has 2 nitrogen and oxygen atoms in total. The standard InChI is InChI=1S/C7H9BNO/c1-9-7-4-2-6(8-10)3-5-7/h2-5,9-10H,1H3. The van der Waals surface area contributed by atoms with Gasteiger partial charge in [0.15, 0.2) is 0 Å². The average Bonchev–Trinajstić information content (AvgIpc) is 2.05. The quantitative estimate of drug-likeness (QED) is 0.556. The minimum atomic E-state index is 0.819. The zero-order valence-electron chi connectivity index (χ0n) is 5.83. The first kappa shape index (κ1) is 7.16. The fraction of sp³-hybridized carbons (Fsp3) is 0.143. The highest BCUT2D eigenvalue weighted by Crippen LogP contribution is 2.00. The maximum absolute atomic E-state index is 8.56. The second-order valence-electron chi connectivity index (χ2n) is 2.00. The number of anilines is 1. The fourth-order valence-corrected chi connectivity index (χ4v) is 0.736. The van der Waals surface area contributed by atoms with E-state index >= 15 is 0 Å². The van der Waals surface area contributed by atoms with Gasteiger partial charge in [-0.25, -0.2) is 0 Å². The van der Waals surface area contributed by atoms with Gasteiger partial charge in [-0.3, -0.25) is 0 Å². The van der Waals surface area contributed by atoms with E-state index in [1.165, 1.54) is 0 Å². The normalized spacial score (nSPS) is 9.00. The molecule has 2 N–H and O–H groups in total. The summed E-state index contributed by atoms with van der Waals surface area (Å²) in [7, 11) is 2.94. The van der Waals surface area contributed by atoms with E-state index in [-0.39, 0.29) is 0 Å². The Hall–Kier alpha value is -0.955. The molecule has 0 spiro atoms. The zero-order valence-corrected chi connectivity index (χ0v) is 5.83. The van der Waals surface area contributed by atoms with Gasteiger partial charge in [0.25, 0.3) is 0 Å². The SMILES string of the molecule is CNc1ccc([B]O)cc1. The molecule has 0 bridgehead atoms. The second kappa shape index (κ2) is 3.27. The third-order valence-corrected chi connectivity index (χ3v) is 1.35. The summed E-state index contributed by atoms with van der Waals surface area (Å²) in [4.78, 5) is 0. The molecule has 0 aliphatic carbocycles. The monoisotopic (exact) mass is 134 g/mol. The Kier molecular flexibility index (Phi) is 2.34. The first-order valence-corrected chi connectivity index (χ1v) is 3.12. The van der Waals surface area contributed by atoms with Crippen LogP contribution in [0.4, 0.5) is 5.69 Å². The first-order valence-electron chi connectivity index (χ1n) is 3.12. The molecule has 0 unspecified atom stereocenters. The highest BCUT2D eigenvalue weighted by Gasteiger charge is 1.91. The van der Waals surface area contributed by atoms with Gasteiger partial charge in [0, 0.05) is 12.7 Å². The number of benzene rings is 1. The molecule has 1 radical (unpaired) electrons. The van der Waals surface area contributed by atoms with Gasteiger partial charge < -0.3 is 10.3 Å². The highest BCUT2D eigenvalue weighted by molar-refractivity contribution is 6.45. The molecule has 0 aliphatic rings. The Morgan fingerprint density at radius 3 is 2.30 bits per heavy atom. The molecule has 0 atom stereocenters. The van der Waals surface area contributed by atoms with Crippen molar-refractivity contribution in [1.82, 2.24) is 0 Å². The molecule has 1 rings (SSSR count). The number of hydrogen-bond donors (Lipinski definition) is 2. The van der Waals surface area contributed by atoms with Gasteiger partial charge >= 0.3 is 7.48 Å². The van der Waals surface area contributed by atoms with E-state index in [1.54, 1.807) is 0 Å². The summed E-state index contributed by atoms with van der Waals surface area (Å²) in [5, 5.41) is 11.5. The van der Waals surface area contributed by atoms with Crippen LogP contribution in [0.1, 0.15) is 0 Å². The fourth-order valence-electron chi connectivity index (χ4n) is 0.736. The van der Waals surface area contributed by atoms with Crippen LogP contribution < -0.4 is 10.8 Å². The minimum Gasteiger partial charge on any atom is -0.450 e. The van der Waals surface area contributed by atoms with Crippen molar-refractivity contribution < 1.29 is 5.02 Å². The Balaban J connectivity index is 2.80. The Bertz CT molecular complexity index is 174. The van der Waals surface area contributed by atoms with E-state index in [0.717, 1.165) is 18.6 Å². The molecule has 0 aliphatic heterocycles. The molecule has 0 saturated carbocycles. The van der Waals surface area contributed by atoms with Crippen LogP contribution in [0.5, 0.6) is 0 Å². The Labute approximate surface area is 61.2 Å².